The largest absolute Gasteiger partial charge is 0.504 e. The highest BCUT2D eigenvalue weighted by atomic mass is 79.9. The number of ether oxygens (including phenoxy) is 1. The van der Waals surface area contributed by atoms with E-state index in [9.17, 15) is 9.90 Å². The van der Waals surface area contributed by atoms with Crippen LogP contribution in [0, 0.1) is 5.92 Å². The van der Waals surface area contributed by atoms with Gasteiger partial charge in [-0.05, 0) is 18.1 Å². The molecule has 0 unspecified atom stereocenters. The summed E-state index contributed by atoms with van der Waals surface area (Å²) in [5, 5.41) is 9.83. The molecule has 1 aromatic rings. The number of ketones is 1. The van der Waals surface area contributed by atoms with Crippen molar-refractivity contribution in [3.63, 3.8) is 0 Å². The summed E-state index contributed by atoms with van der Waals surface area (Å²) in [4.78, 5) is 11.9. The highest BCUT2D eigenvalue weighted by molar-refractivity contribution is 9.10. The van der Waals surface area contributed by atoms with Crippen molar-refractivity contribution in [2.24, 2.45) is 5.92 Å². The minimum atomic E-state index is -0.0867. The maximum atomic E-state index is 11.9. The first-order valence-electron chi connectivity index (χ1n) is 5.05. The summed E-state index contributed by atoms with van der Waals surface area (Å²) in [5.74, 6) is 0.404. The Morgan fingerprint density at radius 2 is 2.12 bits per heavy atom. The van der Waals surface area contributed by atoms with Gasteiger partial charge < -0.3 is 9.84 Å². The summed E-state index contributed by atoms with van der Waals surface area (Å²) in [7, 11) is 1.46. The van der Waals surface area contributed by atoms with Gasteiger partial charge in [0, 0.05) is 10.9 Å². The number of carbonyl (C=O) groups excluding carboxylic acids is 1. The Morgan fingerprint density at radius 1 is 1.50 bits per heavy atom. The molecule has 0 amide bonds. The Kier molecular flexibility index (Phi) is 4.35. The fraction of sp³-hybridized carbons (Fsp3) is 0.417. The second kappa shape index (κ2) is 5.34. The average molecular weight is 287 g/mol. The maximum Gasteiger partial charge on any atom is 0.168 e. The van der Waals surface area contributed by atoms with Crippen molar-refractivity contribution >= 4 is 21.7 Å². The van der Waals surface area contributed by atoms with Gasteiger partial charge in [-0.15, -0.1) is 0 Å². The number of carbonyl (C=O) groups is 1. The lowest BCUT2D eigenvalue weighted by atomic mass is 10.0. The fourth-order valence-electron chi connectivity index (χ4n) is 1.42. The van der Waals surface area contributed by atoms with Crippen molar-refractivity contribution < 1.29 is 14.6 Å². The minimum absolute atomic E-state index is 0.0768. The molecule has 0 spiro atoms. The van der Waals surface area contributed by atoms with Gasteiger partial charge in [0.25, 0.3) is 0 Å². The first-order chi connectivity index (χ1) is 7.45. The second-order valence-electron chi connectivity index (χ2n) is 4.03. The van der Waals surface area contributed by atoms with Crippen LogP contribution in [0.2, 0.25) is 0 Å². The Morgan fingerprint density at radius 3 is 2.62 bits per heavy atom. The summed E-state index contributed by atoms with van der Waals surface area (Å²) in [5.41, 5.74) is 0.305. The number of benzene rings is 1. The molecule has 88 valence electrons. The van der Waals surface area contributed by atoms with E-state index in [1.807, 2.05) is 13.8 Å². The molecule has 0 atom stereocenters. The van der Waals surface area contributed by atoms with Gasteiger partial charge in [0.05, 0.1) is 12.7 Å². The number of phenolic OH excluding ortho intramolecular Hbond substituents is 1. The summed E-state index contributed by atoms with van der Waals surface area (Å²) in [6.45, 7) is 3.92. The van der Waals surface area contributed by atoms with Crippen LogP contribution in [0.25, 0.3) is 0 Å². The first kappa shape index (κ1) is 13.0. The monoisotopic (exact) mass is 286 g/mol. The van der Waals surface area contributed by atoms with Gasteiger partial charge in [-0.2, -0.15) is 0 Å². The molecule has 1 aromatic carbocycles. The Labute approximate surface area is 104 Å². The van der Waals surface area contributed by atoms with Crippen LogP contribution in [0.3, 0.4) is 0 Å². The van der Waals surface area contributed by atoms with Crippen molar-refractivity contribution in [1.82, 2.24) is 0 Å². The Hall–Kier alpha value is -1.03. The lowest BCUT2D eigenvalue weighted by molar-refractivity contribution is 0.0964. The molecule has 0 bridgehead atoms. The van der Waals surface area contributed by atoms with Crippen molar-refractivity contribution in [2.45, 2.75) is 20.3 Å². The van der Waals surface area contributed by atoms with Crippen LogP contribution in [0.5, 0.6) is 11.5 Å². The third-order valence-electron chi connectivity index (χ3n) is 2.15. The normalized spacial score (nSPS) is 10.6. The van der Waals surface area contributed by atoms with Crippen LogP contribution >= 0.6 is 15.9 Å². The summed E-state index contributed by atoms with van der Waals surface area (Å²) < 4.78 is 5.71. The van der Waals surface area contributed by atoms with E-state index in [1.165, 1.54) is 7.11 Å². The van der Waals surface area contributed by atoms with E-state index in [4.69, 9.17) is 4.74 Å². The van der Waals surface area contributed by atoms with Crippen LogP contribution in [0.4, 0.5) is 0 Å². The highest BCUT2D eigenvalue weighted by Crippen LogP contribution is 2.34. The van der Waals surface area contributed by atoms with E-state index in [0.29, 0.717) is 22.2 Å². The van der Waals surface area contributed by atoms with Gasteiger partial charge >= 0.3 is 0 Å². The minimum Gasteiger partial charge on any atom is -0.504 e. The van der Waals surface area contributed by atoms with Gasteiger partial charge in [0.1, 0.15) is 0 Å². The number of hydrogen-bond acceptors (Lipinski definition) is 3. The van der Waals surface area contributed by atoms with E-state index < -0.39 is 0 Å². The highest BCUT2D eigenvalue weighted by Gasteiger charge is 2.17. The lowest BCUT2D eigenvalue weighted by Crippen LogP contribution is -2.04. The zero-order valence-corrected chi connectivity index (χ0v) is 11.2. The molecule has 0 aromatic heterocycles. The maximum absolute atomic E-state index is 11.9. The van der Waals surface area contributed by atoms with Crippen molar-refractivity contribution in [1.29, 1.82) is 0 Å². The van der Waals surface area contributed by atoms with E-state index >= 15 is 0 Å². The number of methoxy groups -OCH3 is 1. The van der Waals surface area contributed by atoms with Gasteiger partial charge in [0.15, 0.2) is 17.3 Å². The molecule has 16 heavy (non-hydrogen) atoms. The second-order valence-corrected chi connectivity index (χ2v) is 4.94. The number of hydrogen-bond donors (Lipinski definition) is 1. The third kappa shape index (κ3) is 2.98. The molecule has 1 N–H and O–H groups in total. The number of phenols is 1. The van der Waals surface area contributed by atoms with Crippen molar-refractivity contribution in [2.75, 3.05) is 7.11 Å². The van der Waals surface area contributed by atoms with Crippen LogP contribution in [-0.4, -0.2) is 18.0 Å². The quantitative estimate of drug-likeness (QED) is 0.863. The van der Waals surface area contributed by atoms with Crippen molar-refractivity contribution in [3.05, 3.63) is 22.2 Å². The molecule has 0 aliphatic heterocycles. The van der Waals surface area contributed by atoms with E-state index in [2.05, 4.69) is 15.9 Å². The standard InChI is InChI=1S/C12H15BrO3/c1-7(2)4-10(14)9-5-8(13)6-11(16-3)12(9)15/h5-7,15H,4H2,1-3H3. The molecule has 0 radical (unpaired) electrons. The third-order valence-corrected chi connectivity index (χ3v) is 2.61. The van der Waals surface area contributed by atoms with Gasteiger partial charge in [-0.3, -0.25) is 4.79 Å². The molecule has 1 rings (SSSR count). The SMILES string of the molecule is COc1cc(Br)cc(C(=O)CC(C)C)c1O. The molecular formula is C12H15BrO3. The molecular weight excluding hydrogens is 272 g/mol. The van der Waals surface area contributed by atoms with Gasteiger partial charge in [-0.25, -0.2) is 0 Å². The molecule has 0 saturated heterocycles. The smallest absolute Gasteiger partial charge is 0.168 e. The lowest BCUT2D eigenvalue weighted by Gasteiger charge is -2.10. The topological polar surface area (TPSA) is 46.5 Å². The Balaban J connectivity index is 3.12. The van der Waals surface area contributed by atoms with Crippen LogP contribution in [0.1, 0.15) is 30.6 Å². The summed E-state index contributed by atoms with van der Waals surface area (Å²) >= 11 is 3.28. The number of halogens is 1. The zero-order valence-electron chi connectivity index (χ0n) is 9.58. The molecule has 3 nitrogen and oxygen atoms in total. The molecule has 4 heteroatoms. The van der Waals surface area contributed by atoms with Crippen LogP contribution in [0.15, 0.2) is 16.6 Å². The van der Waals surface area contributed by atoms with Gasteiger partial charge in [0.2, 0.25) is 0 Å². The Bertz CT molecular complexity index is 399. The van der Waals surface area contributed by atoms with E-state index in [-0.39, 0.29) is 17.5 Å². The predicted octanol–water partition coefficient (Wildman–Crippen LogP) is 3.39. The predicted molar refractivity (Wildman–Crippen MR) is 66.1 cm³/mol. The number of Topliss-reactive ketones (excluding diaryl/α,β-unsaturated/α-hetero) is 1. The molecule has 0 aliphatic rings. The molecule has 0 saturated carbocycles. The zero-order chi connectivity index (χ0) is 12.3. The number of rotatable bonds is 4. The molecule has 0 fully saturated rings. The van der Waals surface area contributed by atoms with E-state index in [0.717, 1.165) is 0 Å². The average Bonchev–Trinajstić information content (AvgIpc) is 2.19. The van der Waals surface area contributed by atoms with Gasteiger partial charge in [-0.1, -0.05) is 29.8 Å². The van der Waals surface area contributed by atoms with Crippen molar-refractivity contribution in [3.8, 4) is 11.5 Å². The molecule has 0 aliphatic carbocycles. The van der Waals surface area contributed by atoms with E-state index in [1.54, 1.807) is 12.1 Å². The van der Waals surface area contributed by atoms with Crippen LogP contribution < -0.4 is 4.74 Å². The fourth-order valence-corrected chi connectivity index (χ4v) is 1.86. The summed E-state index contributed by atoms with van der Waals surface area (Å²) in [6.07, 6.45) is 0.410. The summed E-state index contributed by atoms with van der Waals surface area (Å²) in [6, 6.07) is 3.24. The first-order valence-corrected chi connectivity index (χ1v) is 5.84. The van der Waals surface area contributed by atoms with Crippen LogP contribution in [-0.2, 0) is 0 Å². The molecule has 0 heterocycles. The number of aromatic hydroxyl groups is 1.